The van der Waals surface area contributed by atoms with Gasteiger partial charge in [-0.05, 0) is 31.1 Å². The van der Waals surface area contributed by atoms with Gasteiger partial charge in [-0.2, -0.15) is 0 Å². The number of hydrogen-bond acceptors (Lipinski definition) is 15. The summed E-state index contributed by atoms with van der Waals surface area (Å²) in [5.41, 5.74) is 4.79. The van der Waals surface area contributed by atoms with E-state index in [-0.39, 0.29) is 22.8 Å². The highest BCUT2D eigenvalue weighted by atomic mass is 32.5. The van der Waals surface area contributed by atoms with Crippen LogP contribution in [0.4, 0.5) is 10.2 Å². The van der Waals surface area contributed by atoms with E-state index in [2.05, 4.69) is 29.9 Å². The molecule has 23 heteroatoms. The van der Waals surface area contributed by atoms with Crippen molar-refractivity contribution in [3.63, 3.8) is 0 Å². The molecule has 2 bridgehead atoms. The third kappa shape index (κ3) is 4.68. The number of aromatic nitrogens is 8. The molecule has 2 saturated carbocycles. The number of phosphoric acid groups is 1. The van der Waals surface area contributed by atoms with E-state index in [0.29, 0.717) is 17.6 Å². The first-order valence-corrected chi connectivity index (χ1v) is 18.0. The first-order chi connectivity index (χ1) is 21.8. The van der Waals surface area contributed by atoms with Crippen molar-refractivity contribution in [3.05, 3.63) is 35.2 Å². The zero-order valence-corrected chi connectivity index (χ0v) is 26.2. The molecule has 3 unspecified atom stereocenters. The van der Waals surface area contributed by atoms with Gasteiger partial charge in [-0.15, -0.1) is 0 Å². The summed E-state index contributed by atoms with van der Waals surface area (Å²) < 4.78 is 60.2. The van der Waals surface area contributed by atoms with Crippen molar-refractivity contribution in [1.29, 1.82) is 0 Å². The molecule has 0 aromatic carbocycles. The number of nitrogens with zero attached hydrogens (tertiary/aromatic N) is 7. The summed E-state index contributed by atoms with van der Waals surface area (Å²) >= 11 is 5.27. The van der Waals surface area contributed by atoms with Crippen molar-refractivity contribution in [2.75, 3.05) is 18.9 Å². The molecule has 2 aliphatic carbocycles. The maximum atomic E-state index is 15.9. The Kier molecular flexibility index (Phi) is 6.86. The van der Waals surface area contributed by atoms with Crippen LogP contribution in [-0.2, 0) is 39.2 Å². The fourth-order valence-corrected chi connectivity index (χ4v) is 9.34. The molecule has 19 nitrogen and oxygen atoms in total. The molecule has 2 saturated heterocycles. The van der Waals surface area contributed by atoms with E-state index in [1.165, 1.54) is 24.1 Å². The minimum atomic E-state index is -5.05. The molecular weight excluding hydrogens is 675 g/mol. The van der Waals surface area contributed by atoms with Gasteiger partial charge in [0.15, 0.2) is 35.0 Å². The lowest BCUT2D eigenvalue weighted by molar-refractivity contribution is -0.0610. The van der Waals surface area contributed by atoms with Crippen LogP contribution >= 0.6 is 14.5 Å². The van der Waals surface area contributed by atoms with E-state index in [4.69, 9.17) is 40.4 Å². The molecule has 4 aromatic rings. The molecule has 0 amide bonds. The number of ether oxygens (including phenoxy) is 1. The van der Waals surface area contributed by atoms with Crippen LogP contribution in [0.5, 0.6) is 0 Å². The number of imidazole rings is 2. The number of nitrogens with one attached hydrogen (secondary N) is 1. The molecule has 2 aliphatic heterocycles. The Balaban J connectivity index is 1.14. The standard InChI is InChI=1S/C23H26FN9O10P2S/c1-8-30-20-13(21(35)31-8)29-7-33(20)22-16-11(24)10(41-22)3-39-45(38,46)43-17-15(34)14(9-2-23(9,17)4-40-44(36,37)42-16)32-6-28-12-18(25)26-5-27-19(12)32/h5-7,9-11,14-17,22,34H,2-4H2,1H3,(H,36,37)(H,38,46)(H2,25,26,27)(H,30,31,35)/t9-,10-,11-,14-,15+,16-,17+,22-,23?,45?/m1/s1. The fraction of sp³-hybridized carbons (Fsp3) is 0.565. The summed E-state index contributed by atoms with van der Waals surface area (Å²) in [6.45, 7) is -3.85. The molecule has 46 heavy (non-hydrogen) atoms. The van der Waals surface area contributed by atoms with Crippen molar-refractivity contribution >= 4 is 54.5 Å². The van der Waals surface area contributed by atoms with Crippen molar-refractivity contribution in [2.24, 2.45) is 11.3 Å². The molecule has 6 heterocycles. The number of hydrogen-bond donors (Lipinski definition) is 5. The zero-order chi connectivity index (χ0) is 32.3. The van der Waals surface area contributed by atoms with E-state index < -0.39 is 87.5 Å². The van der Waals surface area contributed by atoms with E-state index in [1.807, 2.05) is 0 Å². The highest BCUT2D eigenvalue weighted by Crippen LogP contribution is 2.72. The number of H-pyrrole nitrogens is 1. The number of phosphoric ester groups is 1. The minimum Gasteiger partial charge on any atom is -0.388 e. The molecule has 6 N–H and O–H groups in total. The van der Waals surface area contributed by atoms with Gasteiger partial charge in [0.05, 0.1) is 31.9 Å². The Labute approximate surface area is 261 Å². The second kappa shape index (κ2) is 10.3. The van der Waals surface area contributed by atoms with Crippen molar-refractivity contribution in [3.8, 4) is 0 Å². The monoisotopic (exact) mass is 701 g/mol. The summed E-state index contributed by atoms with van der Waals surface area (Å²) in [7, 11) is -5.05. The van der Waals surface area contributed by atoms with Gasteiger partial charge >= 0.3 is 14.5 Å². The summed E-state index contributed by atoms with van der Waals surface area (Å²) in [6, 6.07) is -0.748. The lowest BCUT2D eigenvalue weighted by atomic mass is 10.0. The van der Waals surface area contributed by atoms with Crippen molar-refractivity contribution in [1.82, 2.24) is 39.0 Å². The van der Waals surface area contributed by atoms with Crippen LogP contribution in [0.2, 0.25) is 0 Å². The van der Waals surface area contributed by atoms with Crippen LogP contribution < -0.4 is 11.3 Å². The molecule has 4 aromatic heterocycles. The number of aliphatic hydroxyl groups is 1. The second-order valence-corrected chi connectivity index (χ2v) is 15.9. The molecule has 8 rings (SSSR count). The van der Waals surface area contributed by atoms with Crippen LogP contribution in [0.25, 0.3) is 22.3 Å². The van der Waals surface area contributed by atoms with E-state index in [9.17, 15) is 24.3 Å². The van der Waals surface area contributed by atoms with E-state index in [1.54, 1.807) is 4.57 Å². The number of rotatable bonds is 2. The quantitative estimate of drug-likeness (QED) is 0.174. The van der Waals surface area contributed by atoms with Crippen molar-refractivity contribution < 1.29 is 46.7 Å². The lowest BCUT2D eigenvalue weighted by Gasteiger charge is -2.31. The van der Waals surface area contributed by atoms with Gasteiger partial charge in [-0.1, -0.05) is 0 Å². The Morgan fingerprint density at radius 2 is 1.89 bits per heavy atom. The molecule has 11 atom stereocenters. The number of alkyl halides is 1. The van der Waals surface area contributed by atoms with Crippen LogP contribution in [0, 0.1) is 18.3 Å². The number of aromatic amines is 1. The largest absolute Gasteiger partial charge is 0.472 e. The molecular formula is C23H26FN9O10P2S. The van der Waals surface area contributed by atoms with Crippen molar-refractivity contribution in [2.45, 2.75) is 56.2 Å². The maximum Gasteiger partial charge on any atom is 0.472 e. The highest BCUT2D eigenvalue weighted by molar-refractivity contribution is 8.07. The SMILES string of the molecule is Cc1nc2c(ncn2[C@@H]2O[C@@H]3COP(O)(=S)O[C@H]4[C@@H](O)[C@H](n5cnc6c(N)ncnc65)[C@H]5CC54COP(=O)(O)O[C@@H]2[C@@H]3F)c(=O)[nH]1. The third-order valence-electron chi connectivity index (χ3n) is 9.01. The van der Waals surface area contributed by atoms with E-state index in [0.717, 1.165) is 6.33 Å². The number of anilines is 1. The van der Waals surface area contributed by atoms with Gasteiger partial charge < -0.3 is 44.0 Å². The lowest BCUT2D eigenvalue weighted by Crippen LogP contribution is -2.38. The fourth-order valence-electron chi connectivity index (χ4n) is 6.87. The number of fused-ring (bicyclic) bond motifs is 4. The number of aliphatic hydroxyl groups excluding tert-OH is 1. The first-order valence-electron chi connectivity index (χ1n) is 13.9. The minimum absolute atomic E-state index is 0.00613. The summed E-state index contributed by atoms with van der Waals surface area (Å²) in [5, 5.41) is 11.5. The van der Waals surface area contributed by atoms with Crippen LogP contribution in [0.1, 0.15) is 24.5 Å². The van der Waals surface area contributed by atoms with Crippen LogP contribution in [0.3, 0.4) is 0 Å². The first kappa shape index (κ1) is 30.5. The molecule has 1 spiro atoms. The summed E-state index contributed by atoms with van der Waals surface area (Å²) in [4.78, 5) is 57.6. The van der Waals surface area contributed by atoms with Crippen LogP contribution in [0.15, 0.2) is 23.8 Å². The molecule has 4 fully saturated rings. The van der Waals surface area contributed by atoms with E-state index >= 15 is 4.39 Å². The topological polar surface area (TPSA) is 257 Å². The van der Waals surface area contributed by atoms with Gasteiger partial charge in [-0.3, -0.25) is 18.4 Å². The average molecular weight is 702 g/mol. The maximum absolute atomic E-state index is 15.9. The predicted octanol–water partition coefficient (Wildman–Crippen LogP) is 0.142. The number of nitrogens with two attached hydrogens (primary N) is 1. The third-order valence-corrected chi connectivity index (χ3v) is 11.5. The Hall–Kier alpha value is -2.81. The summed E-state index contributed by atoms with van der Waals surface area (Å²) in [6.07, 6.45) is -5.31. The number of halogens is 1. The smallest absolute Gasteiger partial charge is 0.388 e. The molecule has 0 radical (unpaired) electrons. The average Bonchev–Trinajstić information content (AvgIpc) is 3.26. The van der Waals surface area contributed by atoms with Gasteiger partial charge in [0, 0.05) is 5.41 Å². The van der Waals surface area contributed by atoms with Crippen LogP contribution in [-0.4, -0.2) is 97.7 Å². The van der Waals surface area contributed by atoms with Gasteiger partial charge in [-0.25, -0.2) is 33.9 Å². The number of aryl methyl sites for hydroxylation is 1. The highest BCUT2D eigenvalue weighted by Gasteiger charge is 2.74. The second-order valence-electron chi connectivity index (χ2n) is 11.7. The predicted molar refractivity (Wildman–Crippen MR) is 155 cm³/mol. The molecule has 4 aliphatic rings. The normalized spacial score (nSPS) is 41.1. The van der Waals surface area contributed by atoms with Gasteiger partial charge in [0.25, 0.3) is 5.56 Å². The Morgan fingerprint density at radius 1 is 1.13 bits per heavy atom. The summed E-state index contributed by atoms with van der Waals surface area (Å²) in [5.74, 6) is -0.0797. The Bertz CT molecular complexity index is 2050. The van der Waals surface area contributed by atoms with Gasteiger partial charge in [0.1, 0.15) is 42.1 Å². The van der Waals surface area contributed by atoms with Gasteiger partial charge in [0.2, 0.25) is 0 Å². The molecule has 246 valence electrons. The number of nitrogen functional groups attached to an aromatic ring is 1. The Morgan fingerprint density at radius 3 is 2.70 bits per heavy atom. The zero-order valence-electron chi connectivity index (χ0n) is 23.6.